The summed E-state index contributed by atoms with van der Waals surface area (Å²) in [4.78, 5) is 17.8. The SMILES string of the molecule is COc1ccccc1COC1CCN(C(=O)c2cncc(F)c2)CC1. The van der Waals surface area contributed by atoms with Gasteiger partial charge in [0, 0.05) is 24.8 Å². The molecule has 1 aromatic carbocycles. The van der Waals surface area contributed by atoms with Crippen LogP contribution in [0.4, 0.5) is 4.39 Å². The first-order chi connectivity index (χ1) is 12.2. The highest BCUT2D eigenvalue weighted by Gasteiger charge is 2.24. The molecule has 1 aliphatic rings. The summed E-state index contributed by atoms with van der Waals surface area (Å²) >= 11 is 0. The minimum Gasteiger partial charge on any atom is -0.496 e. The van der Waals surface area contributed by atoms with Gasteiger partial charge in [-0.05, 0) is 25.0 Å². The Kier molecular flexibility index (Phi) is 5.60. The summed E-state index contributed by atoms with van der Waals surface area (Å²) in [6.45, 7) is 1.66. The molecule has 2 aromatic rings. The van der Waals surface area contributed by atoms with Crippen LogP contribution in [-0.4, -0.2) is 42.1 Å². The maximum absolute atomic E-state index is 13.2. The van der Waals surface area contributed by atoms with Crippen molar-refractivity contribution in [2.24, 2.45) is 0 Å². The normalized spacial score (nSPS) is 15.2. The Morgan fingerprint density at radius 3 is 2.76 bits per heavy atom. The number of piperidine rings is 1. The number of benzene rings is 1. The van der Waals surface area contributed by atoms with Gasteiger partial charge >= 0.3 is 0 Å². The molecule has 1 saturated heterocycles. The molecular weight excluding hydrogens is 323 g/mol. The molecule has 6 heteroatoms. The number of nitrogens with zero attached hydrogens (tertiary/aromatic N) is 2. The van der Waals surface area contributed by atoms with Gasteiger partial charge in [-0.3, -0.25) is 9.78 Å². The van der Waals surface area contributed by atoms with Crippen molar-refractivity contribution in [3.63, 3.8) is 0 Å². The van der Waals surface area contributed by atoms with Crippen LogP contribution in [0.2, 0.25) is 0 Å². The summed E-state index contributed by atoms with van der Waals surface area (Å²) in [6.07, 6.45) is 4.09. The van der Waals surface area contributed by atoms with Crippen molar-refractivity contribution < 1.29 is 18.7 Å². The fraction of sp³-hybridized carbons (Fsp3) is 0.368. The molecule has 3 rings (SSSR count). The molecular formula is C19H21FN2O3. The lowest BCUT2D eigenvalue weighted by atomic mass is 10.1. The summed E-state index contributed by atoms with van der Waals surface area (Å²) in [5.41, 5.74) is 1.29. The van der Waals surface area contributed by atoms with Gasteiger partial charge in [-0.2, -0.15) is 0 Å². The largest absolute Gasteiger partial charge is 0.496 e. The van der Waals surface area contributed by atoms with E-state index in [1.54, 1.807) is 12.0 Å². The lowest BCUT2D eigenvalue weighted by Gasteiger charge is -2.32. The molecule has 132 valence electrons. The maximum atomic E-state index is 13.2. The van der Waals surface area contributed by atoms with Crippen molar-refractivity contribution in [2.75, 3.05) is 20.2 Å². The fourth-order valence-corrected chi connectivity index (χ4v) is 2.97. The minimum atomic E-state index is -0.499. The highest BCUT2D eigenvalue weighted by molar-refractivity contribution is 5.93. The summed E-state index contributed by atoms with van der Waals surface area (Å²) in [6, 6.07) is 8.99. The molecule has 1 amide bonds. The number of rotatable bonds is 5. The zero-order valence-electron chi connectivity index (χ0n) is 14.2. The van der Waals surface area contributed by atoms with Crippen LogP contribution in [0.15, 0.2) is 42.7 Å². The molecule has 1 aliphatic heterocycles. The maximum Gasteiger partial charge on any atom is 0.255 e. The van der Waals surface area contributed by atoms with Gasteiger partial charge in [-0.1, -0.05) is 18.2 Å². The minimum absolute atomic E-state index is 0.0968. The van der Waals surface area contributed by atoms with E-state index in [0.717, 1.165) is 30.4 Å². The zero-order valence-corrected chi connectivity index (χ0v) is 14.2. The Hall–Kier alpha value is -2.47. The average molecular weight is 344 g/mol. The van der Waals surface area contributed by atoms with Crippen molar-refractivity contribution in [1.82, 2.24) is 9.88 Å². The molecule has 1 aromatic heterocycles. The number of likely N-dealkylation sites (tertiary alicyclic amines) is 1. The van der Waals surface area contributed by atoms with Crippen molar-refractivity contribution in [3.05, 3.63) is 59.7 Å². The standard InChI is InChI=1S/C19H21FN2O3/c1-24-18-5-3-2-4-14(18)13-25-17-6-8-22(9-7-17)19(23)15-10-16(20)12-21-11-15/h2-5,10-12,17H,6-9,13H2,1H3. The van der Waals surface area contributed by atoms with E-state index in [1.165, 1.54) is 12.3 Å². The molecule has 0 bridgehead atoms. The Balaban J connectivity index is 1.51. The van der Waals surface area contributed by atoms with Gasteiger partial charge in [-0.15, -0.1) is 0 Å². The molecule has 0 atom stereocenters. The molecule has 25 heavy (non-hydrogen) atoms. The highest BCUT2D eigenvalue weighted by Crippen LogP contribution is 2.22. The quantitative estimate of drug-likeness (QED) is 0.837. The van der Waals surface area contributed by atoms with E-state index in [4.69, 9.17) is 9.47 Å². The van der Waals surface area contributed by atoms with Gasteiger partial charge in [0.15, 0.2) is 0 Å². The monoisotopic (exact) mass is 344 g/mol. The Bertz CT molecular complexity index is 730. The topological polar surface area (TPSA) is 51.7 Å². The van der Waals surface area contributed by atoms with Crippen LogP contribution in [0.25, 0.3) is 0 Å². The van der Waals surface area contributed by atoms with Crippen LogP contribution in [0.3, 0.4) is 0 Å². The number of pyridine rings is 1. The van der Waals surface area contributed by atoms with Gasteiger partial charge in [0.2, 0.25) is 0 Å². The second kappa shape index (κ2) is 8.07. The molecule has 0 spiro atoms. The number of ether oxygens (including phenoxy) is 2. The van der Waals surface area contributed by atoms with Crippen LogP contribution < -0.4 is 4.74 Å². The second-order valence-electron chi connectivity index (χ2n) is 6.01. The number of carbonyl (C=O) groups is 1. The van der Waals surface area contributed by atoms with Gasteiger partial charge in [0.1, 0.15) is 11.6 Å². The molecule has 1 fully saturated rings. The van der Waals surface area contributed by atoms with Crippen LogP contribution in [0.5, 0.6) is 5.75 Å². The van der Waals surface area contributed by atoms with Crippen LogP contribution in [0, 0.1) is 5.82 Å². The summed E-state index contributed by atoms with van der Waals surface area (Å²) in [5, 5.41) is 0. The van der Waals surface area contributed by atoms with E-state index in [2.05, 4.69) is 4.98 Å². The molecule has 0 saturated carbocycles. The number of para-hydroxylation sites is 1. The molecule has 2 heterocycles. The lowest BCUT2D eigenvalue weighted by molar-refractivity contribution is -0.000980. The number of methoxy groups -OCH3 is 1. The third-order valence-electron chi connectivity index (χ3n) is 4.35. The van der Waals surface area contributed by atoms with Gasteiger partial charge in [0.25, 0.3) is 5.91 Å². The van der Waals surface area contributed by atoms with E-state index in [1.807, 2.05) is 24.3 Å². The summed E-state index contributed by atoms with van der Waals surface area (Å²) < 4.78 is 24.5. The van der Waals surface area contributed by atoms with Gasteiger partial charge < -0.3 is 14.4 Å². The fourth-order valence-electron chi connectivity index (χ4n) is 2.97. The van der Waals surface area contributed by atoms with Crippen LogP contribution in [0.1, 0.15) is 28.8 Å². The third kappa shape index (κ3) is 4.33. The van der Waals surface area contributed by atoms with Crippen molar-refractivity contribution in [1.29, 1.82) is 0 Å². The van der Waals surface area contributed by atoms with Crippen LogP contribution in [-0.2, 0) is 11.3 Å². The first-order valence-corrected chi connectivity index (χ1v) is 8.30. The van der Waals surface area contributed by atoms with Gasteiger partial charge in [0.05, 0.1) is 31.6 Å². The number of amides is 1. The Labute approximate surface area is 146 Å². The Morgan fingerprint density at radius 1 is 1.28 bits per heavy atom. The van der Waals surface area contributed by atoms with E-state index in [-0.39, 0.29) is 17.6 Å². The van der Waals surface area contributed by atoms with E-state index >= 15 is 0 Å². The lowest BCUT2D eigenvalue weighted by Crippen LogP contribution is -2.40. The second-order valence-corrected chi connectivity index (χ2v) is 6.01. The summed E-state index contributed by atoms with van der Waals surface area (Å²) in [7, 11) is 1.64. The van der Waals surface area contributed by atoms with Crippen molar-refractivity contribution in [3.8, 4) is 5.75 Å². The van der Waals surface area contributed by atoms with Gasteiger partial charge in [-0.25, -0.2) is 4.39 Å². The van der Waals surface area contributed by atoms with E-state index in [0.29, 0.717) is 19.7 Å². The smallest absolute Gasteiger partial charge is 0.255 e. The first kappa shape index (κ1) is 17.4. The van der Waals surface area contributed by atoms with E-state index in [9.17, 15) is 9.18 Å². The molecule has 0 N–H and O–H groups in total. The Morgan fingerprint density at radius 2 is 2.04 bits per heavy atom. The average Bonchev–Trinajstić information content (AvgIpc) is 2.66. The highest BCUT2D eigenvalue weighted by atomic mass is 19.1. The number of hydrogen-bond acceptors (Lipinski definition) is 4. The van der Waals surface area contributed by atoms with E-state index < -0.39 is 5.82 Å². The predicted molar refractivity (Wildman–Crippen MR) is 90.9 cm³/mol. The third-order valence-corrected chi connectivity index (χ3v) is 4.35. The number of carbonyl (C=O) groups excluding carboxylic acids is 1. The zero-order chi connectivity index (χ0) is 17.6. The molecule has 0 radical (unpaired) electrons. The molecule has 5 nitrogen and oxygen atoms in total. The predicted octanol–water partition coefficient (Wildman–Crippen LogP) is 3.05. The van der Waals surface area contributed by atoms with Crippen molar-refractivity contribution in [2.45, 2.75) is 25.6 Å². The first-order valence-electron chi connectivity index (χ1n) is 8.30. The van der Waals surface area contributed by atoms with Crippen LogP contribution >= 0.6 is 0 Å². The summed E-state index contributed by atoms with van der Waals surface area (Å²) in [5.74, 6) is 0.129. The molecule has 0 unspecified atom stereocenters. The number of halogens is 1. The molecule has 0 aliphatic carbocycles. The number of hydrogen-bond donors (Lipinski definition) is 0. The number of aromatic nitrogens is 1. The van der Waals surface area contributed by atoms with Crippen molar-refractivity contribution >= 4 is 5.91 Å².